The van der Waals surface area contributed by atoms with Crippen LogP contribution in [0.1, 0.15) is 17.9 Å². The number of halogens is 1. The van der Waals surface area contributed by atoms with E-state index in [1.165, 1.54) is 4.90 Å². The topological polar surface area (TPSA) is 51.0 Å². The summed E-state index contributed by atoms with van der Waals surface area (Å²) in [6.45, 7) is 4.28. The Labute approximate surface area is 131 Å². The molecule has 0 amide bonds. The highest BCUT2D eigenvalue weighted by atomic mass is 35.5. The van der Waals surface area contributed by atoms with Gasteiger partial charge in [0.15, 0.2) is 0 Å². The average molecular weight is 310 g/mol. The summed E-state index contributed by atoms with van der Waals surface area (Å²) in [5.41, 5.74) is 0.972. The summed E-state index contributed by atoms with van der Waals surface area (Å²) in [4.78, 5) is 12.4. The highest BCUT2D eigenvalue weighted by Crippen LogP contribution is 2.18. The highest BCUT2D eigenvalue weighted by molar-refractivity contribution is 5.68. The number of hydrogen-bond donors (Lipinski definition) is 2. The maximum absolute atomic E-state index is 11.0. The Kier molecular flexibility index (Phi) is 7.84. The lowest BCUT2D eigenvalue weighted by atomic mass is 9.96. The number of benzene rings is 1. The van der Waals surface area contributed by atoms with E-state index in [1.807, 2.05) is 30.3 Å². The molecule has 1 saturated heterocycles. The molecule has 1 unspecified atom stereocenters. The summed E-state index contributed by atoms with van der Waals surface area (Å²) in [6, 6.07) is 9.62. The zero-order chi connectivity index (χ0) is 14.2. The molecule has 1 aromatic rings. The third-order valence-electron chi connectivity index (χ3n) is 3.40. The summed E-state index contributed by atoms with van der Waals surface area (Å²) in [7, 11) is 0. The first kappa shape index (κ1) is 17.5. The molecule has 0 aliphatic carbocycles. The summed E-state index contributed by atoms with van der Waals surface area (Å²) in [5.74, 6) is 5.23. The molecule has 1 fully saturated rings. The smallest absolute Gasteiger partial charge is 0.304 e. The molecule has 0 spiro atoms. The van der Waals surface area contributed by atoms with Crippen LogP contribution in [0.3, 0.4) is 0 Å². The molecule has 1 atom stereocenters. The minimum absolute atomic E-state index is 0. The third-order valence-corrected chi connectivity index (χ3v) is 3.40. The van der Waals surface area contributed by atoms with E-state index in [0.29, 0.717) is 0 Å². The van der Waals surface area contributed by atoms with Crippen LogP contribution in [0.5, 0.6) is 0 Å². The molecule has 1 heterocycles. The number of ether oxygens (including phenoxy) is 1. The van der Waals surface area contributed by atoms with Crippen LogP contribution in [-0.2, 0) is 9.53 Å². The Morgan fingerprint density at radius 1 is 1.29 bits per heavy atom. The van der Waals surface area contributed by atoms with E-state index >= 15 is 0 Å². The van der Waals surface area contributed by atoms with E-state index in [2.05, 4.69) is 11.8 Å². The Morgan fingerprint density at radius 3 is 2.57 bits per heavy atom. The monoisotopic (exact) mass is 309 g/mol. The van der Waals surface area contributed by atoms with Crippen LogP contribution in [0.15, 0.2) is 30.3 Å². The quantitative estimate of drug-likeness (QED) is 0.590. The number of nitrogens with one attached hydrogen (secondary N) is 1. The molecular weight excluding hydrogens is 290 g/mol. The summed E-state index contributed by atoms with van der Waals surface area (Å²) < 4.78 is 5.30. The Balaban J connectivity index is 0.00000220. The minimum atomic E-state index is -0.813. The van der Waals surface area contributed by atoms with Gasteiger partial charge >= 0.3 is 5.97 Å². The molecule has 114 valence electrons. The maximum Gasteiger partial charge on any atom is 0.304 e. The SMILES string of the molecule is O=C(O)CC(C#CC[NH+]1CCOCC1)c1ccccc1.[Cl-]. The number of carbonyl (C=O) groups is 1. The second-order valence-corrected chi connectivity index (χ2v) is 4.92. The molecule has 4 nitrogen and oxygen atoms in total. The Hall–Kier alpha value is -1.54. The largest absolute Gasteiger partial charge is 1.00 e. The molecule has 0 aromatic heterocycles. The van der Waals surface area contributed by atoms with Gasteiger partial charge in [-0.2, -0.15) is 0 Å². The van der Waals surface area contributed by atoms with Crippen molar-refractivity contribution in [1.82, 2.24) is 0 Å². The van der Waals surface area contributed by atoms with Crippen LogP contribution in [0.25, 0.3) is 0 Å². The zero-order valence-corrected chi connectivity index (χ0v) is 12.6. The van der Waals surface area contributed by atoms with Crippen molar-refractivity contribution in [3.05, 3.63) is 35.9 Å². The zero-order valence-electron chi connectivity index (χ0n) is 11.8. The number of morpholine rings is 1. The fourth-order valence-corrected chi connectivity index (χ4v) is 2.25. The molecule has 1 aromatic carbocycles. The van der Waals surface area contributed by atoms with Crippen LogP contribution in [0.2, 0.25) is 0 Å². The number of carboxylic acids is 1. The summed E-state index contributed by atoms with van der Waals surface area (Å²) in [6.07, 6.45) is 0.0510. The number of aliphatic carboxylic acids is 1. The van der Waals surface area contributed by atoms with E-state index in [1.54, 1.807) is 0 Å². The van der Waals surface area contributed by atoms with Crippen LogP contribution in [-0.4, -0.2) is 43.9 Å². The predicted octanol–water partition coefficient (Wildman–Crippen LogP) is -2.83. The molecular formula is C16H20ClNO3. The predicted molar refractivity (Wildman–Crippen MR) is 75.6 cm³/mol. The van der Waals surface area contributed by atoms with Gasteiger partial charge in [0.25, 0.3) is 0 Å². The lowest BCUT2D eigenvalue weighted by Crippen LogP contribution is -3.14. The molecule has 21 heavy (non-hydrogen) atoms. The Morgan fingerprint density at radius 2 is 1.95 bits per heavy atom. The van der Waals surface area contributed by atoms with Gasteiger partial charge in [0.1, 0.15) is 19.6 Å². The van der Waals surface area contributed by atoms with Crippen LogP contribution in [0, 0.1) is 11.8 Å². The van der Waals surface area contributed by atoms with E-state index in [9.17, 15) is 4.79 Å². The van der Waals surface area contributed by atoms with Crippen LogP contribution < -0.4 is 17.3 Å². The second kappa shape index (κ2) is 9.41. The standard InChI is InChI=1S/C16H19NO3.ClH/c18-16(19)13-15(14-5-2-1-3-6-14)7-4-8-17-9-11-20-12-10-17;/h1-3,5-6,15H,8-13H2,(H,18,19);1H. The second-order valence-electron chi connectivity index (χ2n) is 4.92. The molecule has 1 aliphatic heterocycles. The fraction of sp³-hybridized carbons (Fsp3) is 0.438. The van der Waals surface area contributed by atoms with Crippen LogP contribution in [0.4, 0.5) is 0 Å². The normalized spacial score (nSPS) is 16.2. The number of rotatable bonds is 4. The van der Waals surface area contributed by atoms with Gasteiger partial charge in [-0.25, -0.2) is 0 Å². The van der Waals surface area contributed by atoms with E-state index < -0.39 is 5.97 Å². The number of carboxylic acid groups (broad SMARTS) is 1. The van der Waals surface area contributed by atoms with Gasteiger partial charge in [0.05, 0.1) is 25.6 Å². The first-order valence-electron chi connectivity index (χ1n) is 6.92. The highest BCUT2D eigenvalue weighted by Gasteiger charge is 2.14. The number of hydrogen-bond acceptors (Lipinski definition) is 2. The molecule has 2 N–H and O–H groups in total. The number of quaternary nitrogens is 1. The third kappa shape index (κ3) is 6.17. The van der Waals surface area contributed by atoms with Gasteiger partial charge in [-0.05, 0) is 11.5 Å². The van der Waals surface area contributed by atoms with Gasteiger partial charge in [0.2, 0.25) is 0 Å². The lowest BCUT2D eigenvalue weighted by Gasteiger charge is -2.21. The van der Waals surface area contributed by atoms with Crippen molar-refractivity contribution < 1.29 is 31.9 Å². The van der Waals surface area contributed by atoms with Crippen molar-refractivity contribution in [2.45, 2.75) is 12.3 Å². The van der Waals surface area contributed by atoms with Crippen molar-refractivity contribution in [2.24, 2.45) is 0 Å². The van der Waals surface area contributed by atoms with Gasteiger partial charge < -0.3 is 27.2 Å². The van der Waals surface area contributed by atoms with Gasteiger partial charge in [-0.15, -0.1) is 0 Å². The minimum Gasteiger partial charge on any atom is -1.00 e. The molecule has 0 radical (unpaired) electrons. The Bertz CT molecular complexity index is 489. The molecule has 0 saturated carbocycles. The van der Waals surface area contributed by atoms with Crippen molar-refractivity contribution in [3.63, 3.8) is 0 Å². The average Bonchev–Trinajstić information content (AvgIpc) is 2.48. The van der Waals surface area contributed by atoms with E-state index in [-0.39, 0.29) is 24.7 Å². The molecule has 0 bridgehead atoms. The van der Waals surface area contributed by atoms with Crippen molar-refractivity contribution >= 4 is 5.97 Å². The lowest BCUT2D eigenvalue weighted by molar-refractivity contribution is -0.900. The first-order chi connectivity index (χ1) is 9.75. The van der Waals surface area contributed by atoms with Crippen molar-refractivity contribution in [1.29, 1.82) is 0 Å². The maximum atomic E-state index is 11.0. The summed E-state index contributed by atoms with van der Waals surface area (Å²) >= 11 is 0. The van der Waals surface area contributed by atoms with Crippen molar-refractivity contribution in [2.75, 3.05) is 32.8 Å². The molecule has 2 rings (SSSR count). The summed E-state index contributed by atoms with van der Waals surface area (Å²) in [5, 5.41) is 9.00. The van der Waals surface area contributed by atoms with E-state index in [4.69, 9.17) is 9.84 Å². The van der Waals surface area contributed by atoms with Gasteiger partial charge in [-0.1, -0.05) is 36.3 Å². The molecule has 5 heteroatoms. The van der Waals surface area contributed by atoms with E-state index in [0.717, 1.165) is 38.4 Å². The van der Waals surface area contributed by atoms with Gasteiger partial charge in [0, 0.05) is 0 Å². The van der Waals surface area contributed by atoms with Crippen molar-refractivity contribution in [3.8, 4) is 11.8 Å². The van der Waals surface area contributed by atoms with Gasteiger partial charge in [-0.3, -0.25) is 4.79 Å². The first-order valence-corrected chi connectivity index (χ1v) is 6.92. The fourth-order valence-electron chi connectivity index (χ4n) is 2.25. The molecule has 1 aliphatic rings. The van der Waals surface area contributed by atoms with Crippen LogP contribution >= 0.6 is 0 Å².